The van der Waals surface area contributed by atoms with Crippen molar-refractivity contribution in [3.05, 3.63) is 77.9 Å². The van der Waals surface area contributed by atoms with Gasteiger partial charge in [-0.2, -0.15) is 0 Å². The fraction of sp³-hybridized carbons (Fsp3) is 0.273. The summed E-state index contributed by atoms with van der Waals surface area (Å²) >= 11 is 0. The van der Waals surface area contributed by atoms with Crippen molar-refractivity contribution in [2.24, 2.45) is 0 Å². The number of unbranched alkanes of at least 4 members (excludes halogenated alkanes) is 2. The van der Waals surface area contributed by atoms with Gasteiger partial charge in [0.15, 0.2) is 0 Å². The van der Waals surface area contributed by atoms with E-state index < -0.39 is 0 Å². The van der Waals surface area contributed by atoms with Gasteiger partial charge in [-0.25, -0.2) is 0 Å². The van der Waals surface area contributed by atoms with Crippen LogP contribution in [0, 0.1) is 11.8 Å². The average molecular weight is 304 g/mol. The third-order valence-corrected chi connectivity index (χ3v) is 3.60. The fourth-order valence-electron chi connectivity index (χ4n) is 2.27. The maximum absolute atomic E-state index is 5.46. The van der Waals surface area contributed by atoms with E-state index in [0.717, 1.165) is 23.3 Å². The molecule has 0 fully saturated rings. The smallest absolute Gasteiger partial charge is 0.119 e. The second-order valence-corrected chi connectivity index (χ2v) is 5.53. The quantitative estimate of drug-likeness (QED) is 0.379. The lowest BCUT2D eigenvalue weighted by Crippen LogP contribution is -1.92. The van der Waals surface area contributed by atoms with Gasteiger partial charge in [-0.05, 0) is 54.8 Å². The van der Waals surface area contributed by atoms with Crippen LogP contribution in [0.15, 0.2) is 61.2 Å². The maximum Gasteiger partial charge on any atom is 0.119 e. The molecule has 0 bridgehead atoms. The normalized spacial score (nSPS) is 9.78. The van der Waals surface area contributed by atoms with Gasteiger partial charge in [-0.3, -0.25) is 0 Å². The summed E-state index contributed by atoms with van der Waals surface area (Å²) in [5, 5.41) is 0. The van der Waals surface area contributed by atoms with E-state index in [1.54, 1.807) is 6.08 Å². The SMILES string of the molecule is C=CCOc1ccc(C#Cc2ccc(CCCCC)cc2)cc1. The summed E-state index contributed by atoms with van der Waals surface area (Å²) in [5.74, 6) is 7.24. The second kappa shape index (κ2) is 9.54. The molecular formula is C22H24O. The Balaban J connectivity index is 1.94. The Hall–Kier alpha value is -2.46. The maximum atomic E-state index is 5.46. The van der Waals surface area contributed by atoms with E-state index in [-0.39, 0.29) is 0 Å². The van der Waals surface area contributed by atoms with Gasteiger partial charge in [0.05, 0.1) is 0 Å². The zero-order chi connectivity index (χ0) is 16.3. The van der Waals surface area contributed by atoms with Crippen LogP contribution in [0.1, 0.15) is 42.9 Å². The van der Waals surface area contributed by atoms with Gasteiger partial charge in [0.1, 0.15) is 12.4 Å². The molecule has 1 nitrogen and oxygen atoms in total. The second-order valence-electron chi connectivity index (χ2n) is 5.53. The molecule has 23 heavy (non-hydrogen) atoms. The van der Waals surface area contributed by atoms with Crippen molar-refractivity contribution < 1.29 is 4.74 Å². The van der Waals surface area contributed by atoms with Crippen LogP contribution in [0.4, 0.5) is 0 Å². The molecule has 2 rings (SSSR count). The van der Waals surface area contributed by atoms with Crippen LogP contribution in [0.3, 0.4) is 0 Å². The Morgan fingerprint density at radius 3 is 2.09 bits per heavy atom. The van der Waals surface area contributed by atoms with E-state index in [0.29, 0.717) is 6.61 Å². The first kappa shape index (κ1) is 16.9. The van der Waals surface area contributed by atoms with Crippen LogP contribution >= 0.6 is 0 Å². The largest absolute Gasteiger partial charge is 0.490 e. The minimum atomic E-state index is 0.523. The van der Waals surface area contributed by atoms with E-state index >= 15 is 0 Å². The molecule has 0 spiro atoms. The topological polar surface area (TPSA) is 9.23 Å². The minimum absolute atomic E-state index is 0.523. The van der Waals surface area contributed by atoms with Gasteiger partial charge >= 0.3 is 0 Å². The molecule has 0 heterocycles. The first-order valence-electron chi connectivity index (χ1n) is 8.26. The van der Waals surface area contributed by atoms with Crippen molar-refractivity contribution in [1.29, 1.82) is 0 Å². The number of hydrogen-bond acceptors (Lipinski definition) is 1. The zero-order valence-electron chi connectivity index (χ0n) is 13.8. The van der Waals surface area contributed by atoms with E-state index in [1.807, 2.05) is 24.3 Å². The van der Waals surface area contributed by atoms with E-state index in [2.05, 4.69) is 49.6 Å². The lowest BCUT2D eigenvalue weighted by atomic mass is 10.1. The summed E-state index contributed by atoms with van der Waals surface area (Å²) in [6.45, 7) is 6.39. The summed E-state index contributed by atoms with van der Waals surface area (Å²) < 4.78 is 5.46. The highest BCUT2D eigenvalue weighted by atomic mass is 16.5. The van der Waals surface area contributed by atoms with Gasteiger partial charge < -0.3 is 4.74 Å². The molecule has 0 unspecified atom stereocenters. The summed E-state index contributed by atoms with van der Waals surface area (Å²) in [7, 11) is 0. The van der Waals surface area contributed by atoms with Crippen molar-refractivity contribution in [2.45, 2.75) is 32.6 Å². The first-order valence-corrected chi connectivity index (χ1v) is 8.26. The molecule has 0 N–H and O–H groups in total. The average Bonchev–Trinajstić information content (AvgIpc) is 2.60. The van der Waals surface area contributed by atoms with Crippen LogP contribution in [0.25, 0.3) is 0 Å². The molecule has 0 aliphatic carbocycles. The first-order chi connectivity index (χ1) is 11.3. The van der Waals surface area contributed by atoms with Gasteiger partial charge in [0, 0.05) is 11.1 Å². The Kier molecular flexibility index (Phi) is 7.01. The predicted molar refractivity (Wildman–Crippen MR) is 97.8 cm³/mol. The Labute approximate surface area is 140 Å². The number of aryl methyl sites for hydroxylation is 1. The number of ether oxygens (including phenoxy) is 1. The minimum Gasteiger partial charge on any atom is -0.490 e. The third kappa shape index (κ3) is 6.04. The van der Waals surface area contributed by atoms with Crippen LogP contribution in [-0.4, -0.2) is 6.61 Å². The van der Waals surface area contributed by atoms with Crippen molar-refractivity contribution in [3.8, 4) is 17.6 Å². The van der Waals surface area contributed by atoms with Gasteiger partial charge in [0.2, 0.25) is 0 Å². The number of rotatable bonds is 7. The zero-order valence-corrected chi connectivity index (χ0v) is 13.8. The highest BCUT2D eigenvalue weighted by Gasteiger charge is 1.94. The molecule has 2 aromatic carbocycles. The summed E-state index contributed by atoms with van der Waals surface area (Å²) in [6, 6.07) is 16.4. The predicted octanol–water partition coefficient (Wildman–Crippen LogP) is 5.38. The summed E-state index contributed by atoms with van der Waals surface area (Å²) in [6.07, 6.45) is 6.73. The molecule has 0 atom stereocenters. The lowest BCUT2D eigenvalue weighted by molar-refractivity contribution is 0.363. The molecule has 1 heteroatoms. The molecular weight excluding hydrogens is 280 g/mol. The van der Waals surface area contributed by atoms with Gasteiger partial charge in [-0.1, -0.05) is 56.4 Å². The Bertz CT molecular complexity index is 654. The molecule has 0 saturated heterocycles. The van der Waals surface area contributed by atoms with Crippen LogP contribution in [-0.2, 0) is 6.42 Å². The Morgan fingerprint density at radius 2 is 1.52 bits per heavy atom. The van der Waals surface area contributed by atoms with Crippen molar-refractivity contribution >= 4 is 0 Å². The van der Waals surface area contributed by atoms with Crippen molar-refractivity contribution in [3.63, 3.8) is 0 Å². The van der Waals surface area contributed by atoms with Gasteiger partial charge in [0.25, 0.3) is 0 Å². The molecule has 0 aromatic heterocycles. The third-order valence-electron chi connectivity index (χ3n) is 3.60. The lowest BCUT2D eigenvalue weighted by Gasteiger charge is -2.02. The van der Waals surface area contributed by atoms with Crippen LogP contribution < -0.4 is 4.74 Å². The van der Waals surface area contributed by atoms with Crippen LogP contribution in [0.5, 0.6) is 5.75 Å². The fourth-order valence-corrected chi connectivity index (χ4v) is 2.27. The van der Waals surface area contributed by atoms with Crippen molar-refractivity contribution in [2.75, 3.05) is 6.61 Å². The van der Waals surface area contributed by atoms with E-state index in [4.69, 9.17) is 4.74 Å². The molecule has 0 amide bonds. The monoisotopic (exact) mass is 304 g/mol. The molecule has 0 radical (unpaired) electrons. The van der Waals surface area contributed by atoms with Crippen molar-refractivity contribution in [1.82, 2.24) is 0 Å². The molecule has 0 aliphatic rings. The highest BCUT2D eigenvalue weighted by Crippen LogP contribution is 2.12. The molecule has 0 aliphatic heterocycles. The van der Waals surface area contributed by atoms with Gasteiger partial charge in [-0.15, -0.1) is 0 Å². The molecule has 118 valence electrons. The summed E-state index contributed by atoms with van der Waals surface area (Å²) in [4.78, 5) is 0. The number of hydrogen-bond donors (Lipinski definition) is 0. The Morgan fingerprint density at radius 1 is 0.913 bits per heavy atom. The number of benzene rings is 2. The highest BCUT2D eigenvalue weighted by molar-refractivity contribution is 5.44. The standard InChI is InChI=1S/C22H24O/c1-3-5-6-7-19-8-10-20(11-9-19)12-13-21-14-16-22(17-15-21)23-18-4-2/h4,8-11,14-17H,2-3,5-7,18H2,1H3. The van der Waals surface area contributed by atoms with E-state index in [1.165, 1.54) is 24.8 Å². The van der Waals surface area contributed by atoms with Crippen LogP contribution in [0.2, 0.25) is 0 Å². The molecule has 2 aromatic rings. The van der Waals surface area contributed by atoms with E-state index in [9.17, 15) is 0 Å². The molecule has 0 saturated carbocycles. The summed E-state index contributed by atoms with van der Waals surface area (Å²) in [5.41, 5.74) is 3.44.